The SMILES string of the molecule is C=CCOc1ccc(C(=O)Nn2cnnc2)cc1. The first-order valence-electron chi connectivity index (χ1n) is 5.29. The van der Waals surface area contributed by atoms with Gasteiger partial charge in [0.05, 0.1) is 0 Å². The van der Waals surface area contributed by atoms with Gasteiger partial charge in [0.25, 0.3) is 5.91 Å². The van der Waals surface area contributed by atoms with E-state index in [-0.39, 0.29) is 5.91 Å². The molecule has 0 unspecified atom stereocenters. The third-order valence-corrected chi connectivity index (χ3v) is 2.13. The Morgan fingerprint density at radius 3 is 2.61 bits per heavy atom. The van der Waals surface area contributed by atoms with Gasteiger partial charge in [0.15, 0.2) is 0 Å². The summed E-state index contributed by atoms with van der Waals surface area (Å²) in [6, 6.07) is 6.81. The van der Waals surface area contributed by atoms with Crippen molar-refractivity contribution in [3.05, 3.63) is 55.1 Å². The number of hydrogen-bond acceptors (Lipinski definition) is 4. The van der Waals surface area contributed by atoms with E-state index in [4.69, 9.17) is 4.74 Å². The second-order valence-electron chi connectivity index (χ2n) is 3.43. The molecular weight excluding hydrogens is 232 g/mol. The fourth-order valence-corrected chi connectivity index (χ4v) is 1.30. The number of benzene rings is 1. The molecule has 1 N–H and O–H groups in total. The van der Waals surface area contributed by atoms with E-state index in [0.29, 0.717) is 17.9 Å². The fourth-order valence-electron chi connectivity index (χ4n) is 1.30. The first-order chi connectivity index (χ1) is 8.79. The summed E-state index contributed by atoms with van der Waals surface area (Å²) in [5.41, 5.74) is 3.12. The van der Waals surface area contributed by atoms with Crippen molar-refractivity contribution in [1.29, 1.82) is 0 Å². The van der Waals surface area contributed by atoms with Gasteiger partial charge in [-0.25, -0.2) is 4.68 Å². The number of hydrogen-bond donors (Lipinski definition) is 1. The molecular formula is C12H12N4O2. The molecule has 0 aliphatic carbocycles. The molecule has 0 aliphatic rings. The summed E-state index contributed by atoms with van der Waals surface area (Å²) in [7, 11) is 0. The van der Waals surface area contributed by atoms with E-state index in [1.807, 2.05) is 0 Å². The van der Waals surface area contributed by atoms with Crippen molar-refractivity contribution in [3.63, 3.8) is 0 Å². The van der Waals surface area contributed by atoms with E-state index < -0.39 is 0 Å². The molecule has 0 aliphatic heterocycles. The maximum absolute atomic E-state index is 11.8. The van der Waals surface area contributed by atoms with Gasteiger partial charge in [-0.2, -0.15) is 0 Å². The highest BCUT2D eigenvalue weighted by molar-refractivity contribution is 5.99. The van der Waals surface area contributed by atoms with Gasteiger partial charge in [0, 0.05) is 5.56 Å². The van der Waals surface area contributed by atoms with Crippen LogP contribution in [-0.4, -0.2) is 27.4 Å². The minimum atomic E-state index is -0.245. The lowest BCUT2D eigenvalue weighted by atomic mass is 10.2. The third kappa shape index (κ3) is 2.94. The summed E-state index contributed by atoms with van der Waals surface area (Å²) in [5.74, 6) is 0.445. The second-order valence-corrected chi connectivity index (χ2v) is 3.43. The van der Waals surface area contributed by atoms with Crippen molar-refractivity contribution in [2.45, 2.75) is 0 Å². The first-order valence-corrected chi connectivity index (χ1v) is 5.29. The van der Waals surface area contributed by atoms with Crippen LogP contribution >= 0.6 is 0 Å². The van der Waals surface area contributed by atoms with Crippen LogP contribution in [0, 0.1) is 0 Å². The van der Waals surface area contributed by atoms with E-state index >= 15 is 0 Å². The summed E-state index contributed by atoms with van der Waals surface area (Å²) < 4.78 is 6.70. The zero-order chi connectivity index (χ0) is 12.8. The number of carbonyl (C=O) groups excluding carboxylic acids is 1. The van der Waals surface area contributed by atoms with Gasteiger partial charge in [0.2, 0.25) is 0 Å². The highest BCUT2D eigenvalue weighted by Crippen LogP contribution is 2.12. The van der Waals surface area contributed by atoms with Gasteiger partial charge in [-0.3, -0.25) is 10.2 Å². The zero-order valence-electron chi connectivity index (χ0n) is 9.61. The molecule has 18 heavy (non-hydrogen) atoms. The van der Waals surface area contributed by atoms with Gasteiger partial charge in [0.1, 0.15) is 25.0 Å². The van der Waals surface area contributed by atoms with Crippen LogP contribution in [0.5, 0.6) is 5.75 Å². The molecule has 0 fully saturated rings. The molecule has 0 radical (unpaired) electrons. The van der Waals surface area contributed by atoms with Crippen molar-refractivity contribution in [3.8, 4) is 5.75 Å². The summed E-state index contributed by atoms with van der Waals surface area (Å²) >= 11 is 0. The normalized spacial score (nSPS) is 9.78. The third-order valence-electron chi connectivity index (χ3n) is 2.13. The van der Waals surface area contributed by atoms with Crippen molar-refractivity contribution in [1.82, 2.24) is 14.9 Å². The highest BCUT2D eigenvalue weighted by atomic mass is 16.5. The minimum Gasteiger partial charge on any atom is -0.490 e. The predicted molar refractivity (Wildman–Crippen MR) is 65.8 cm³/mol. The molecule has 0 saturated heterocycles. The van der Waals surface area contributed by atoms with Crippen molar-refractivity contribution < 1.29 is 9.53 Å². The standard InChI is InChI=1S/C12H12N4O2/c1-2-7-18-11-5-3-10(4-6-11)12(17)15-16-8-13-14-9-16/h2-6,8-9H,1,7H2,(H,15,17). The Bertz CT molecular complexity index is 520. The molecule has 0 atom stereocenters. The average Bonchev–Trinajstić information content (AvgIpc) is 2.89. The average molecular weight is 244 g/mol. The van der Waals surface area contributed by atoms with Crippen LogP contribution in [0.3, 0.4) is 0 Å². The van der Waals surface area contributed by atoms with E-state index in [0.717, 1.165) is 0 Å². The molecule has 2 rings (SSSR count). The maximum Gasteiger partial charge on any atom is 0.270 e. The number of nitrogens with zero attached hydrogens (tertiary/aromatic N) is 3. The Morgan fingerprint density at radius 1 is 1.33 bits per heavy atom. The van der Waals surface area contributed by atoms with Crippen LogP contribution in [0.15, 0.2) is 49.6 Å². The minimum absolute atomic E-state index is 0.245. The molecule has 1 aromatic carbocycles. The van der Waals surface area contributed by atoms with Crippen LogP contribution in [0.4, 0.5) is 0 Å². The number of aromatic nitrogens is 3. The number of nitrogens with one attached hydrogen (secondary N) is 1. The van der Waals surface area contributed by atoms with Gasteiger partial charge in [-0.15, -0.1) is 10.2 Å². The molecule has 6 nitrogen and oxygen atoms in total. The Hall–Kier alpha value is -2.63. The first kappa shape index (κ1) is 11.8. The summed E-state index contributed by atoms with van der Waals surface area (Å²) in [6.45, 7) is 4.00. The number of amides is 1. The van der Waals surface area contributed by atoms with Crippen LogP contribution in [0.1, 0.15) is 10.4 Å². The molecule has 0 bridgehead atoms. The number of rotatable bonds is 5. The van der Waals surface area contributed by atoms with Gasteiger partial charge >= 0.3 is 0 Å². The molecule has 1 aromatic heterocycles. The van der Waals surface area contributed by atoms with Gasteiger partial charge in [-0.1, -0.05) is 12.7 Å². The summed E-state index contributed by atoms with van der Waals surface area (Å²) in [6.07, 6.45) is 4.46. The Balaban J connectivity index is 2.00. The topological polar surface area (TPSA) is 69.0 Å². The highest BCUT2D eigenvalue weighted by Gasteiger charge is 2.05. The van der Waals surface area contributed by atoms with Crippen LogP contribution in [0.25, 0.3) is 0 Å². The smallest absolute Gasteiger partial charge is 0.270 e. The maximum atomic E-state index is 11.8. The largest absolute Gasteiger partial charge is 0.490 e. The summed E-state index contributed by atoms with van der Waals surface area (Å²) in [4.78, 5) is 11.8. The second kappa shape index (κ2) is 5.62. The Morgan fingerprint density at radius 2 is 2.00 bits per heavy atom. The van der Waals surface area contributed by atoms with Crippen molar-refractivity contribution in [2.24, 2.45) is 0 Å². The van der Waals surface area contributed by atoms with Gasteiger partial charge < -0.3 is 4.74 Å². The molecule has 0 saturated carbocycles. The van der Waals surface area contributed by atoms with Crippen LogP contribution in [-0.2, 0) is 0 Å². The molecule has 1 heterocycles. The van der Waals surface area contributed by atoms with Crippen molar-refractivity contribution in [2.75, 3.05) is 12.0 Å². The predicted octanol–water partition coefficient (Wildman–Crippen LogP) is 1.23. The van der Waals surface area contributed by atoms with E-state index in [1.54, 1.807) is 30.3 Å². The fraction of sp³-hybridized carbons (Fsp3) is 0.0833. The van der Waals surface area contributed by atoms with E-state index in [1.165, 1.54) is 17.3 Å². The molecule has 1 amide bonds. The van der Waals surface area contributed by atoms with Crippen LogP contribution in [0.2, 0.25) is 0 Å². The summed E-state index contributed by atoms with van der Waals surface area (Å²) in [5, 5.41) is 7.17. The molecule has 6 heteroatoms. The Labute approximate surface area is 104 Å². The lowest BCUT2D eigenvalue weighted by Gasteiger charge is -2.06. The Kier molecular flexibility index (Phi) is 3.70. The van der Waals surface area contributed by atoms with Gasteiger partial charge in [-0.05, 0) is 24.3 Å². The van der Waals surface area contributed by atoms with E-state index in [9.17, 15) is 4.79 Å². The molecule has 2 aromatic rings. The number of ether oxygens (including phenoxy) is 1. The van der Waals surface area contributed by atoms with E-state index in [2.05, 4.69) is 22.2 Å². The molecule has 0 spiro atoms. The lowest BCUT2D eigenvalue weighted by molar-refractivity contribution is 0.101. The number of carbonyl (C=O) groups is 1. The van der Waals surface area contributed by atoms with Crippen LogP contribution < -0.4 is 10.2 Å². The lowest BCUT2D eigenvalue weighted by Crippen LogP contribution is -2.21. The van der Waals surface area contributed by atoms with Crippen molar-refractivity contribution >= 4 is 5.91 Å². The monoisotopic (exact) mass is 244 g/mol. The zero-order valence-corrected chi connectivity index (χ0v) is 9.61. The quantitative estimate of drug-likeness (QED) is 0.803. The molecule has 92 valence electrons.